The van der Waals surface area contributed by atoms with Gasteiger partial charge >= 0.3 is 0 Å². The maximum Gasteiger partial charge on any atom is 0.121 e. The minimum atomic E-state index is 0.569. The lowest BCUT2D eigenvalue weighted by Gasteiger charge is -2.11. The van der Waals surface area contributed by atoms with Gasteiger partial charge in [-0.05, 0) is 43.3 Å². The molecule has 4 heteroatoms. The Morgan fingerprint density at radius 3 is 2.40 bits per heavy atom. The number of hydrogen-bond acceptors (Lipinski definition) is 4. The van der Waals surface area contributed by atoms with Crippen LogP contribution >= 0.6 is 0 Å². The Bertz CT molecular complexity index is 615. The number of ether oxygens (including phenoxy) is 2. The van der Waals surface area contributed by atoms with E-state index in [1.807, 2.05) is 31.2 Å². The molecule has 0 fully saturated rings. The number of nitrogens with zero attached hydrogens (tertiary/aromatic N) is 1. The van der Waals surface area contributed by atoms with Gasteiger partial charge in [-0.15, -0.1) is 0 Å². The topological polar surface area (TPSA) is 54.3 Å². The molecular weight excluding hydrogens is 252 g/mol. The van der Waals surface area contributed by atoms with Crippen molar-refractivity contribution in [2.75, 3.05) is 19.0 Å². The van der Waals surface area contributed by atoms with Crippen LogP contribution in [0.5, 0.6) is 11.5 Å². The van der Waals surface area contributed by atoms with Crippen molar-refractivity contribution in [2.24, 2.45) is 0 Å². The maximum atomic E-state index is 9.12. The third kappa shape index (κ3) is 3.21. The van der Waals surface area contributed by atoms with Crippen LogP contribution in [0.4, 0.5) is 11.4 Å². The average molecular weight is 268 g/mol. The zero-order chi connectivity index (χ0) is 14.4. The molecule has 1 N–H and O–H groups in total. The Morgan fingerprint density at radius 2 is 1.80 bits per heavy atom. The first kappa shape index (κ1) is 13.8. The Hall–Kier alpha value is -2.67. The van der Waals surface area contributed by atoms with Crippen LogP contribution < -0.4 is 14.8 Å². The number of benzene rings is 2. The van der Waals surface area contributed by atoms with Gasteiger partial charge in [0.05, 0.1) is 25.0 Å². The summed E-state index contributed by atoms with van der Waals surface area (Å²) in [6, 6.07) is 15.0. The summed E-state index contributed by atoms with van der Waals surface area (Å²) in [6.07, 6.45) is 0. The molecule has 0 saturated carbocycles. The Labute approximate surface area is 118 Å². The molecule has 20 heavy (non-hydrogen) atoms. The Kier molecular flexibility index (Phi) is 4.46. The molecule has 0 atom stereocenters. The number of nitrogens with one attached hydrogen (secondary N) is 1. The van der Waals surface area contributed by atoms with E-state index in [1.54, 1.807) is 25.3 Å². The highest BCUT2D eigenvalue weighted by Gasteiger charge is 2.04. The Morgan fingerprint density at radius 1 is 1.10 bits per heavy atom. The monoisotopic (exact) mass is 268 g/mol. The summed E-state index contributed by atoms with van der Waals surface area (Å²) in [5.41, 5.74) is 2.17. The molecule has 0 aliphatic rings. The second-order valence-corrected chi connectivity index (χ2v) is 4.11. The van der Waals surface area contributed by atoms with Gasteiger partial charge in [0.25, 0.3) is 0 Å². The first-order chi connectivity index (χ1) is 9.76. The van der Waals surface area contributed by atoms with Crippen molar-refractivity contribution in [2.45, 2.75) is 6.92 Å². The molecule has 2 aromatic rings. The largest absolute Gasteiger partial charge is 0.497 e. The molecule has 4 nitrogen and oxygen atoms in total. The van der Waals surface area contributed by atoms with E-state index in [4.69, 9.17) is 14.7 Å². The number of hydrogen-bond donors (Lipinski definition) is 1. The van der Waals surface area contributed by atoms with Gasteiger partial charge in [-0.25, -0.2) is 0 Å². The molecule has 2 aromatic carbocycles. The third-order valence-electron chi connectivity index (χ3n) is 2.79. The van der Waals surface area contributed by atoms with E-state index >= 15 is 0 Å². The predicted octanol–water partition coefficient (Wildman–Crippen LogP) is 3.71. The van der Waals surface area contributed by atoms with E-state index in [-0.39, 0.29) is 0 Å². The van der Waals surface area contributed by atoms with Crippen molar-refractivity contribution < 1.29 is 9.47 Å². The third-order valence-corrected chi connectivity index (χ3v) is 2.79. The molecule has 0 bridgehead atoms. The molecule has 0 aliphatic carbocycles. The van der Waals surface area contributed by atoms with Gasteiger partial charge in [-0.3, -0.25) is 0 Å². The number of anilines is 2. The van der Waals surface area contributed by atoms with Gasteiger partial charge < -0.3 is 14.8 Å². The molecule has 0 unspecified atom stereocenters. The van der Waals surface area contributed by atoms with Gasteiger partial charge in [-0.2, -0.15) is 5.26 Å². The van der Waals surface area contributed by atoms with Crippen molar-refractivity contribution in [3.8, 4) is 17.6 Å². The van der Waals surface area contributed by atoms with Crippen molar-refractivity contribution in [3.63, 3.8) is 0 Å². The quantitative estimate of drug-likeness (QED) is 0.898. The van der Waals surface area contributed by atoms with E-state index in [9.17, 15) is 0 Å². The van der Waals surface area contributed by atoms with Gasteiger partial charge in [0.2, 0.25) is 0 Å². The predicted molar refractivity (Wildman–Crippen MR) is 78.6 cm³/mol. The molecule has 0 amide bonds. The maximum absolute atomic E-state index is 9.12. The zero-order valence-corrected chi connectivity index (χ0v) is 11.5. The van der Waals surface area contributed by atoms with Crippen molar-refractivity contribution in [1.82, 2.24) is 0 Å². The van der Waals surface area contributed by atoms with Crippen LogP contribution in [-0.2, 0) is 0 Å². The van der Waals surface area contributed by atoms with E-state index in [2.05, 4.69) is 11.4 Å². The Balaban J connectivity index is 2.22. The molecule has 0 spiro atoms. The second-order valence-electron chi connectivity index (χ2n) is 4.11. The molecule has 0 heterocycles. The first-order valence-corrected chi connectivity index (χ1v) is 6.35. The standard InChI is InChI=1S/C16H16N2O2/c1-3-20-14-8-5-13(6-9-14)18-16-10-15(19-2)7-4-12(16)11-17/h4-10,18H,3H2,1-2H3. The second kappa shape index (κ2) is 6.48. The summed E-state index contributed by atoms with van der Waals surface area (Å²) in [5, 5.41) is 12.3. The van der Waals surface area contributed by atoms with Crippen LogP contribution in [0.15, 0.2) is 42.5 Å². The zero-order valence-electron chi connectivity index (χ0n) is 11.5. The number of nitriles is 1. The molecule has 0 radical (unpaired) electrons. The van der Waals surface area contributed by atoms with E-state index in [1.165, 1.54) is 0 Å². The molecule has 102 valence electrons. The van der Waals surface area contributed by atoms with Crippen LogP contribution in [0.2, 0.25) is 0 Å². The van der Waals surface area contributed by atoms with Crippen LogP contribution in [0.3, 0.4) is 0 Å². The lowest BCUT2D eigenvalue weighted by atomic mass is 10.1. The summed E-state index contributed by atoms with van der Waals surface area (Å²) in [5.74, 6) is 1.53. The minimum absolute atomic E-state index is 0.569. The van der Waals surface area contributed by atoms with Gasteiger partial charge in [-0.1, -0.05) is 0 Å². The van der Waals surface area contributed by atoms with Crippen LogP contribution in [0.1, 0.15) is 12.5 Å². The van der Waals surface area contributed by atoms with Crippen molar-refractivity contribution >= 4 is 11.4 Å². The van der Waals surface area contributed by atoms with Crippen LogP contribution in [0.25, 0.3) is 0 Å². The van der Waals surface area contributed by atoms with E-state index in [0.717, 1.165) is 17.1 Å². The van der Waals surface area contributed by atoms with Gasteiger partial charge in [0.15, 0.2) is 0 Å². The van der Waals surface area contributed by atoms with Gasteiger partial charge in [0, 0.05) is 11.8 Å². The minimum Gasteiger partial charge on any atom is -0.497 e. The highest BCUT2D eigenvalue weighted by molar-refractivity contribution is 5.68. The molecular formula is C16H16N2O2. The fraction of sp³-hybridized carbons (Fsp3) is 0.188. The van der Waals surface area contributed by atoms with Gasteiger partial charge in [0.1, 0.15) is 17.6 Å². The molecule has 0 aromatic heterocycles. The molecule has 2 rings (SSSR count). The summed E-state index contributed by atoms with van der Waals surface area (Å²) in [4.78, 5) is 0. The highest BCUT2D eigenvalue weighted by Crippen LogP contribution is 2.26. The summed E-state index contributed by atoms with van der Waals surface area (Å²) in [7, 11) is 1.60. The van der Waals surface area contributed by atoms with Crippen molar-refractivity contribution in [1.29, 1.82) is 5.26 Å². The number of rotatable bonds is 5. The fourth-order valence-corrected chi connectivity index (χ4v) is 1.81. The van der Waals surface area contributed by atoms with E-state index in [0.29, 0.717) is 17.9 Å². The lowest BCUT2D eigenvalue weighted by molar-refractivity contribution is 0.340. The van der Waals surface area contributed by atoms with Crippen LogP contribution in [-0.4, -0.2) is 13.7 Å². The molecule has 0 saturated heterocycles. The number of methoxy groups -OCH3 is 1. The van der Waals surface area contributed by atoms with E-state index < -0.39 is 0 Å². The first-order valence-electron chi connectivity index (χ1n) is 6.35. The molecule has 0 aliphatic heterocycles. The average Bonchev–Trinajstić information content (AvgIpc) is 2.49. The SMILES string of the molecule is CCOc1ccc(Nc2cc(OC)ccc2C#N)cc1. The van der Waals surface area contributed by atoms with Crippen LogP contribution in [0, 0.1) is 11.3 Å². The summed E-state index contributed by atoms with van der Waals surface area (Å²) < 4.78 is 10.6. The smallest absolute Gasteiger partial charge is 0.121 e. The lowest BCUT2D eigenvalue weighted by Crippen LogP contribution is -1.96. The normalized spacial score (nSPS) is 9.65. The fourth-order valence-electron chi connectivity index (χ4n) is 1.81. The summed E-state index contributed by atoms with van der Waals surface area (Å²) >= 11 is 0. The summed E-state index contributed by atoms with van der Waals surface area (Å²) in [6.45, 7) is 2.59. The highest BCUT2D eigenvalue weighted by atomic mass is 16.5. The van der Waals surface area contributed by atoms with Crippen molar-refractivity contribution in [3.05, 3.63) is 48.0 Å².